The molecule has 1 aliphatic rings. The zero-order chi connectivity index (χ0) is 26.3. The highest BCUT2D eigenvalue weighted by Gasteiger charge is 2.34. The lowest BCUT2D eigenvalue weighted by Gasteiger charge is -2.15. The van der Waals surface area contributed by atoms with Gasteiger partial charge in [0.25, 0.3) is 5.91 Å². The monoisotopic (exact) mass is 570 g/mol. The summed E-state index contributed by atoms with van der Waals surface area (Å²) in [7, 11) is 0. The van der Waals surface area contributed by atoms with E-state index in [0.717, 1.165) is 25.0 Å². The number of halogens is 4. The molecule has 36 heavy (non-hydrogen) atoms. The highest BCUT2D eigenvalue weighted by atomic mass is 79.9. The van der Waals surface area contributed by atoms with E-state index in [0.29, 0.717) is 5.56 Å². The van der Waals surface area contributed by atoms with Crippen LogP contribution in [0.5, 0.6) is 11.5 Å². The third kappa shape index (κ3) is 7.97. The summed E-state index contributed by atoms with van der Waals surface area (Å²) in [6.45, 7) is 1.41. The lowest BCUT2D eigenvalue weighted by molar-refractivity contribution is -0.139. The Hall–Kier alpha value is -3.61. The summed E-state index contributed by atoms with van der Waals surface area (Å²) < 4.78 is 50.9. The summed E-state index contributed by atoms with van der Waals surface area (Å²) in [5.41, 5.74) is 1.21. The van der Waals surface area contributed by atoms with Crippen LogP contribution in [0.2, 0.25) is 0 Å². The molecule has 0 saturated heterocycles. The van der Waals surface area contributed by atoms with E-state index in [-0.39, 0.29) is 28.6 Å². The number of hydrogen-bond donors (Lipinski definition) is 3. The molecule has 192 valence electrons. The molecule has 13 heteroatoms. The van der Waals surface area contributed by atoms with Crippen molar-refractivity contribution in [3.8, 4) is 11.5 Å². The molecule has 3 amide bonds. The molecule has 1 fully saturated rings. The Kier molecular flexibility index (Phi) is 8.91. The van der Waals surface area contributed by atoms with Crippen LogP contribution in [0.25, 0.3) is 0 Å². The van der Waals surface area contributed by atoms with Crippen LogP contribution in [0.4, 0.5) is 18.9 Å². The van der Waals surface area contributed by atoms with E-state index in [9.17, 15) is 27.6 Å². The van der Waals surface area contributed by atoms with Crippen molar-refractivity contribution in [2.24, 2.45) is 5.10 Å². The Morgan fingerprint density at radius 1 is 1.08 bits per heavy atom. The highest BCUT2D eigenvalue weighted by molar-refractivity contribution is 9.10. The fraction of sp³-hybridized carbons (Fsp3) is 0.304. The molecule has 3 rings (SSSR count). The van der Waals surface area contributed by atoms with Gasteiger partial charge in [0.1, 0.15) is 0 Å². The lowest BCUT2D eigenvalue weighted by atomic mass is 10.1. The molecule has 9 nitrogen and oxygen atoms in total. The molecule has 1 saturated carbocycles. The van der Waals surface area contributed by atoms with Crippen LogP contribution >= 0.6 is 15.9 Å². The van der Waals surface area contributed by atoms with Gasteiger partial charge in [-0.3, -0.25) is 14.4 Å². The topological polar surface area (TPSA) is 118 Å². The second kappa shape index (κ2) is 11.9. The first-order valence-corrected chi connectivity index (χ1v) is 11.6. The largest absolute Gasteiger partial charge is 0.490 e. The van der Waals surface area contributed by atoms with Gasteiger partial charge in [-0.25, -0.2) is 5.43 Å². The zero-order valence-electron chi connectivity index (χ0n) is 18.9. The summed E-state index contributed by atoms with van der Waals surface area (Å²) in [5, 5.41) is 8.47. The predicted octanol–water partition coefficient (Wildman–Crippen LogP) is 3.61. The highest BCUT2D eigenvalue weighted by Crippen LogP contribution is 2.36. The van der Waals surface area contributed by atoms with Gasteiger partial charge < -0.3 is 20.1 Å². The predicted molar refractivity (Wildman–Crippen MR) is 128 cm³/mol. The summed E-state index contributed by atoms with van der Waals surface area (Å²) in [6, 6.07) is 7.96. The van der Waals surface area contributed by atoms with Crippen molar-refractivity contribution in [3.63, 3.8) is 0 Å². The van der Waals surface area contributed by atoms with Crippen LogP contribution < -0.4 is 25.5 Å². The summed E-state index contributed by atoms with van der Waals surface area (Å²) in [6.07, 6.45) is -1.68. The maximum atomic E-state index is 13.3. The molecular formula is C23H22BrF3N4O5. The summed E-state index contributed by atoms with van der Waals surface area (Å²) in [4.78, 5) is 35.6. The number of hydrogen-bond acceptors (Lipinski definition) is 6. The van der Waals surface area contributed by atoms with Gasteiger partial charge in [0.15, 0.2) is 18.1 Å². The van der Waals surface area contributed by atoms with Gasteiger partial charge in [0.2, 0.25) is 0 Å². The van der Waals surface area contributed by atoms with Crippen molar-refractivity contribution in [2.45, 2.75) is 32.0 Å². The number of amides is 3. The van der Waals surface area contributed by atoms with E-state index in [2.05, 4.69) is 37.1 Å². The number of ether oxygens (including phenoxy) is 2. The third-order valence-electron chi connectivity index (χ3n) is 4.69. The second-order valence-electron chi connectivity index (χ2n) is 7.61. The zero-order valence-corrected chi connectivity index (χ0v) is 20.5. The number of rotatable bonds is 9. The number of nitrogens with one attached hydrogen (secondary N) is 3. The number of carbonyl (C=O) groups excluding carboxylic acids is 3. The van der Waals surface area contributed by atoms with E-state index >= 15 is 0 Å². The molecule has 0 aromatic heterocycles. The molecule has 0 aliphatic heterocycles. The SMILES string of the molecule is CCOc1cc(/C=N\NC(=O)C(=O)NC2CC2)ccc1OCC(=O)Nc1ccc(Br)cc1C(F)(F)F. The number of anilines is 1. The minimum Gasteiger partial charge on any atom is -0.490 e. The Bertz CT molecular complexity index is 1170. The van der Waals surface area contributed by atoms with Crippen LogP contribution in [0.1, 0.15) is 30.9 Å². The molecule has 0 radical (unpaired) electrons. The van der Waals surface area contributed by atoms with Crippen molar-refractivity contribution in [1.82, 2.24) is 10.7 Å². The van der Waals surface area contributed by atoms with E-state index in [1.807, 2.05) is 0 Å². The quantitative estimate of drug-likeness (QED) is 0.242. The van der Waals surface area contributed by atoms with E-state index < -0.39 is 41.8 Å². The molecule has 2 aromatic rings. The van der Waals surface area contributed by atoms with Crippen molar-refractivity contribution >= 4 is 45.6 Å². The van der Waals surface area contributed by atoms with Crippen LogP contribution in [-0.2, 0) is 20.6 Å². The molecule has 1 aliphatic carbocycles. The van der Waals surface area contributed by atoms with Crippen LogP contribution in [-0.4, -0.2) is 43.2 Å². The minimum absolute atomic E-state index is 0.0390. The van der Waals surface area contributed by atoms with E-state index in [4.69, 9.17) is 9.47 Å². The molecule has 2 aromatic carbocycles. The standard InChI is InChI=1S/C23H22BrF3N4O5/c1-2-35-19-9-13(11-28-31-22(34)21(33)29-15-5-6-15)3-8-18(19)36-12-20(32)30-17-7-4-14(24)10-16(17)23(25,26)27/h3-4,7-11,15H,2,5-6,12H2,1H3,(H,29,33)(H,30,32)(H,31,34)/b28-11-. The Morgan fingerprint density at radius 3 is 2.50 bits per heavy atom. The van der Waals surface area contributed by atoms with Gasteiger partial charge >= 0.3 is 18.0 Å². The average Bonchev–Trinajstić information content (AvgIpc) is 3.63. The number of benzene rings is 2. The van der Waals surface area contributed by atoms with Gasteiger partial charge in [-0.1, -0.05) is 15.9 Å². The first kappa shape index (κ1) is 27.0. The third-order valence-corrected chi connectivity index (χ3v) is 5.18. The number of alkyl halides is 3. The first-order valence-electron chi connectivity index (χ1n) is 10.8. The van der Waals surface area contributed by atoms with E-state index in [1.54, 1.807) is 13.0 Å². The fourth-order valence-electron chi connectivity index (χ4n) is 2.88. The molecule has 0 atom stereocenters. The van der Waals surface area contributed by atoms with Crippen molar-refractivity contribution in [3.05, 3.63) is 52.0 Å². The molecule has 0 unspecified atom stereocenters. The summed E-state index contributed by atoms with van der Waals surface area (Å²) in [5.74, 6) is -2.05. The Morgan fingerprint density at radius 2 is 1.83 bits per heavy atom. The van der Waals surface area contributed by atoms with Crippen molar-refractivity contribution in [1.29, 1.82) is 0 Å². The van der Waals surface area contributed by atoms with E-state index in [1.165, 1.54) is 24.4 Å². The smallest absolute Gasteiger partial charge is 0.418 e. The van der Waals surface area contributed by atoms with Crippen LogP contribution in [0.3, 0.4) is 0 Å². The Balaban J connectivity index is 1.60. The van der Waals surface area contributed by atoms with Gasteiger partial charge in [0.05, 0.1) is 24.1 Å². The van der Waals surface area contributed by atoms with Gasteiger partial charge in [-0.05, 0) is 61.7 Å². The Labute approximate surface area is 212 Å². The van der Waals surface area contributed by atoms with Crippen LogP contribution in [0.15, 0.2) is 46.0 Å². The first-order chi connectivity index (χ1) is 17.1. The molecule has 0 bridgehead atoms. The number of hydrazone groups is 1. The molecule has 0 heterocycles. The van der Waals surface area contributed by atoms with Crippen molar-refractivity contribution in [2.75, 3.05) is 18.5 Å². The molecule has 3 N–H and O–H groups in total. The maximum absolute atomic E-state index is 13.3. The van der Waals surface area contributed by atoms with Crippen LogP contribution in [0, 0.1) is 0 Å². The van der Waals surface area contributed by atoms with Crippen molar-refractivity contribution < 1.29 is 37.0 Å². The minimum atomic E-state index is -4.66. The lowest BCUT2D eigenvalue weighted by Crippen LogP contribution is -2.38. The van der Waals surface area contributed by atoms with Gasteiger partial charge in [0, 0.05) is 10.5 Å². The fourth-order valence-corrected chi connectivity index (χ4v) is 3.24. The molecule has 0 spiro atoms. The van der Waals surface area contributed by atoms with Gasteiger partial charge in [-0.15, -0.1) is 0 Å². The maximum Gasteiger partial charge on any atom is 0.418 e. The second-order valence-corrected chi connectivity index (χ2v) is 8.53. The average molecular weight is 571 g/mol. The van der Waals surface area contributed by atoms with Gasteiger partial charge in [-0.2, -0.15) is 18.3 Å². The molecular weight excluding hydrogens is 549 g/mol. The number of nitrogens with zero attached hydrogens (tertiary/aromatic N) is 1. The normalized spacial score (nSPS) is 13.2. The summed E-state index contributed by atoms with van der Waals surface area (Å²) >= 11 is 2.99. The number of carbonyl (C=O) groups is 3.